The van der Waals surface area contributed by atoms with E-state index in [2.05, 4.69) is 84.7 Å². The fraction of sp³-hybridized carbons (Fsp3) is 0.684. The van der Waals surface area contributed by atoms with Gasteiger partial charge in [-0.1, -0.05) is 30.3 Å². The summed E-state index contributed by atoms with van der Waals surface area (Å²) in [5, 5.41) is 0. The Hall–Kier alpha value is -0.466. The van der Waals surface area contributed by atoms with Gasteiger partial charge in [0.05, 0.1) is 5.60 Å². The lowest BCUT2D eigenvalue weighted by Crippen LogP contribution is -2.53. The average molecular weight is 369 g/mol. The first-order valence-corrected chi connectivity index (χ1v) is 15.1. The van der Waals surface area contributed by atoms with Crippen LogP contribution in [-0.2, 0) is 19.7 Å². The normalized spacial score (nSPS) is 16.0. The van der Waals surface area contributed by atoms with Crippen LogP contribution >= 0.6 is 0 Å². The number of hydrogen-bond acceptors (Lipinski definition) is 3. The summed E-state index contributed by atoms with van der Waals surface area (Å²) in [5.74, 6) is -0.649. The molecule has 1 unspecified atom stereocenters. The molecule has 0 heterocycles. The van der Waals surface area contributed by atoms with Gasteiger partial charge in [-0.2, -0.15) is 0 Å². The van der Waals surface area contributed by atoms with Gasteiger partial charge < -0.3 is 13.3 Å². The van der Waals surface area contributed by atoms with Gasteiger partial charge in [-0.05, 0) is 72.4 Å². The highest BCUT2D eigenvalue weighted by molar-refractivity contribution is 6.81. The molecule has 0 aliphatic rings. The van der Waals surface area contributed by atoms with E-state index in [9.17, 15) is 0 Å². The SMILES string of the molecule is CC(C)(C)OC(C)(CCc1ccccc1)O[Si](C)(C)O[Si](C)(C)C. The van der Waals surface area contributed by atoms with E-state index in [4.69, 9.17) is 13.3 Å². The van der Waals surface area contributed by atoms with Gasteiger partial charge in [0, 0.05) is 6.42 Å². The van der Waals surface area contributed by atoms with Crippen LogP contribution in [0, 0.1) is 0 Å². The van der Waals surface area contributed by atoms with E-state index in [-0.39, 0.29) is 5.60 Å². The lowest BCUT2D eigenvalue weighted by molar-refractivity contribution is -0.237. The molecular weight excluding hydrogens is 332 g/mol. The quantitative estimate of drug-likeness (QED) is 0.434. The molecule has 0 amide bonds. The summed E-state index contributed by atoms with van der Waals surface area (Å²) in [6.45, 7) is 19.1. The molecule has 1 atom stereocenters. The molecule has 0 aliphatic heterocycles. The summed E-state index contributed by atoms with van der Waals surface area (Å²) < 4.78 is 19.2. The molecule has 0 aromatic heterocycles. The van der Waals surface area contributed by atoms with Crippen molar-refractivity contribution < 1.29 is 13.3 Å². The standard InChI is InChI=1S/C19H36O3Si2/c1-18(2,3)20-19(4,16-15-17-13-11-10-12-14-17)21-24(8,9)22-23(5,6)7/h10-14H,15-16H2,1-9H3. The predicted octanol–water partition coefficient (Wildman–Crippen LogP) is 5.72. The molecular formula is C19H36O3Si2. The molecule has 0 bridgehead atoms. The van der Waals surface area contributed by atoms with E-state index in [1.54, 1.807) is 0 Å². The Morgan fingerprint density at radius 3 is 1.88 bits per heavy atom. The van der Waals surface area contributed by atoms with E-state index in [1.165, 1.54) is 5.56 Å². The van der Waals surface area contributed by atoms with Crippen molar-refractivity contribution >= 4 is 16.9 Å². The first kappa shape index (κ1) is 21.6. The van der Waals surface area contributed by atoms with Crippen molar-refractivity contribution in [1.82, 2.24) is 0 Å². The maximum atomic E-state index is 6.53. The fourth-order valence-corrected chi connectivity index (χ4v) is 10.3. The molecule has 138 valence electrons. The lowest BCUT2D eigenvalue weighted by Gasteiger charge is -2.43. The third kappa shape index (κ3) is 9.13. The highest BCUT2D eigenvalue weighted by atomic mass is 28.4. The van der Waals surface area contributed by atoms with Gasteiger partial charge in [0.2, 0.25) is 0 Å². The van der Waals surface area contributed by atoms with E-state index in [0.717, 1.165) is 12.8 Å². The zero-order valence-electron chi connectivity index (χ0n) is 17.0. The Morgan fingerprint density at radius 2 is 1.42 bits per heavy atom. The minimum atomic E-state index is -2.28. The second-order valence-corrected chi connectivity index (χ2v) is 17.1. The average Bonchev–Trinajstić information content (AvgIpc) is 2.31. The molecule has 0 saturated carbocycles. The van der Waals surface area contributed by atoms with Crippen LogP contribution in [0.4, 0.5) is 0 Å². The zero-order valence-corrected chi connectivity index (χ0v) is 19.0. The maximum absolute atomic E-state index is 6.53. The van der Waals surface area contributed by atoms with E-state index in [1.807, 2.05) is 6.07 Å². The van der Waals surface area contributed by atoms with Crippen LogP contribution in [0.1, 0.15) is 39.7 Å². The predicted molar refractivity (Wildman–Crippen MR) is 107 cm³/mol. The third-order valence-electron chi connectivity index (χ3n) is 3.25. The van der Waals surface area contributed by atoms with Crippen LogP contribution in [-0.4, -0.2) is 28.3 Å². The summed E-state index contributed by atoms with van der Waals surface area (Å²) >= 11 is 0. The molecule has 24 heavy (non-hydrogen) atoms. The summed E-state index contributed by atoms with van der Waals surface area (Å²) in [6, 6.07) is 10.5. The molecule has 0 N–H and O–H groups in total. The molecule has 0 spiro atoms. The molecule has 1 rings (SSSR count). The smallest absolute Gasteiger partial charge is 0.323 e. The Morgan fingerprint density at radius 1 is 0.875 bits per heavy atom. The van der Waals surface area contributed by atoms with Crippen LogP contribution < -0.4 is 0 Å². The van der Waals surface area contributed by atoms with Crippen LogP contribution in [0.15, 0.2) is 30.3 Å². The Kier molecular flexibility index (Phi) is 7.04. The van der Waals surface area contributed by atoms with Crippen molar-refractivity contribution in [2.45, 2.75) is 84.7 Å². The lowest BCUT2D eigenvalue weighted by atomic mass is 10.0. The Bertz CT molecular complexity index is 504. The molecule has 3 nitrogen and oxygen atoms in total. The number of benzene rings is 1. The molecule has 1 aromatic rings. The number of aryl methyl sites for hydroxylation is 1. The summed E-state index contributed by atoms with van der Waals surface area (Å²) in [7, 11) is -3.93. The van der Waals surface area contributed by atoms with Crippen LogP contribution in [0.2, 0.25) is 32.7 Å². The van der Waals surface area contributed by atoms with E-state index >= 15 is 0 Å². The topological polar surface area (TPSA) is 27.7 Å². The van der Waals surface area contributed by atoms with Gasteiger partial charge in [0.15, 0.2) is 14.1 Å². The van der Waals surface area contributed by atoms with Crippen molar-refractivity contribution in [1.29, 1.82) is 0 Å². The van der Waals surface area contributed by atoms with Crippen molar-refractivity contribution in [3.63, 3.8) is 0 Å². The van der Waals surface area contributed by atoms with Crippen molar-refractivity contribution in [3.05, 3.63) is 35.9 Å². The largest absolute Gasteiger partial charge is 0.436 e. The molecule has 0 aliphatic carbocycles. The second-order valence-electron chi connectivity index (χ2n) is 9.05. The van der Waals surface area contributed by atoms with Crippen LogP contribution in [0.5, 0.6) is 0 Å². The zero-order chi connectivity index (χ0) is 18.6. The fourth-order valence-electron chi connectivity index (χ4n) is 3.06. The van der Waals surface area contributed by atoms with Gasteiger partial charge in [-0.25, -0.2) is 0 Å². The van der Waals surface area contributed by atoms with Crippen molar-refractivity contribution in [2.75, 3.05) is 0 Å². The number of hydrogen-bond donors (Lipinski definition) is 0. The summed E-state index contributed by atoms with van der Waals surface area (Å²) in [4.78, 5) is 0. The molecule has 1 aromatic carbocycles. The minimum Gasteiger partial charge on any atom is -0.436 e. The maximum Gasteiger partial charge on any atom is 0.323 e. The summed E-state index contributed by atoms with van der Waals surface area (Å²) in [5.41, 5.74) is 1.03. The van der Waals surface area contributed by atoms with Crippen molar-refractivity contribution in [3.8, 4) is 0 Å². The van der Waals surface area contributed by atoms with Crippen LogP contribution in [0.3, 0.4) is 0 Å². The van der Waals surface area contributed by atoms with Gasteiger partial charge in [-0.3, -0.25) is 0 Å². The molecule has 0 fully saturated rings. The van der Waals surface area contributed by atoms with Crippen molar-refractivity contribution in [2.24, 2.45) is 0 Å². The van der Waals surface area contributed by atoms with Gasteiger partial charge in [0.1, 0.15) is 0 Å². The first-order valence-electron chi connectivity index (χ1n) is 8.84. The third-order valence-corrected chi connectivity index (χ3v) is 8.59. The van der Waals surface area contributed by atoms with Gasteiger partial charge in [-0.15, -0.1) is 0 Å². The highest BCUT2D eigenvalue weighted by Crippen LogP contribution is 2.31. The first-order chi connectivity index (χ1) is 10.7. The minimum absolute atomic E-state index is 0.269. The van der Waals surface area contributed by atoms with Gasteiger partial charge in [0.25, 0.3) is 0 Å². The Balaban J connectivity index is 2.89. The van der Waals surface area contributed by atoms with Gasteiger partial charge >= 0.3 is 8.56 Å². The number of rotatable bonds is 8. The van der Waals surface area contributed by atoms with E-state index in [0.29, 0.717) is 0 Å². The monoisotopic (exact) mass is 368 g/mol. The van der Waals surface area contributed by atoms with E-state index < -0.39 is 22.7 Å². The van der Waals surface area contributed by atoms with Crippen LogP contribution in [0.25, 0.3) is 0 Å². The molecule has 0 saturated heterocycles. The number of ether oxygens (including phenoxy) is 1. The molecule has 5 heteroatoms. The Labute approximate surface area is 151 Å². The highest BCUT2D eigenvalue weighted by Gasteiger charge is 2.41. The summed E-state index contributed by atoms with van der Waals surface area (Å²) in [6.07, 6.45) is 1.73. The second kappa shape index (κ2) is 7.83. The molecule has 0 radical (unpaired) electrons.